The van der Waals surface area contributed by atoms with E-state index in [1.807, 2.05) is 19.1 Å². The first-order valence-electron chi connectivity index (χ1n) is 9.99. The number of aryl methyl sites for hydroxylation is 1. The number of ether oxygens (including phenoxy) is 2. The van der Waals surface area contributed by atoms with Crippen LogP contribution in [0.2, 0.25) is 0 Å². The highest BCUT2D eigenvalue weighted by Crippen LogP contribution is 2.37. The Morgan fingerprint density at radius 1 is 1.00 bits per heavy atom. The molecule has 0 aliphatic carbocycles. The molecule has 0 aromatic heterocycles. The fourth-order valence-corrected chi connectivity index (χ4v) is 4.14. The number of hydrogen-bond donors (Lipinski definition) is 1. The average Bonchev–Trinajstić information content (AvgIpc) is 2.78. The van der Waals surface area contributed by atoms with Crippen molar-refractivity contribution in [2.75, 3.05) is 30.1 Å². The minimum atomic E-state index is -3.92. The van der Waals surface area contributed by atoms with Gasteiger partial charge in [0, 0.05) is 17.3 Å². The summed E-state index contributed by atoms with van der Waals surface area (Å²) in [5.74, 6) is -0.648. The van der Waals surface area contributed by atoms with E-state index in [4.69, 9.17) is 9.47 Å². The number of nitrogens with one attached hydrogen (secondary N) is 1. The topological polar surface area (TPSA) is 84.9 Å². The Kier molecular flexibility index (Phi) is 7.23. The third-order valence-electron chi connectivity index (χ3n) is 5.00. The molecule has 0 saturated carbocycles. The number of rotatable bonds is 8. The van der Waals surface area contributed by atoms with E-state index in [9.17, 15) is 17.6 Å². The predicted molar refractivity (Wildman–Crippen MR) is 126 cm³/mol. The van der Waals surface area contributed by atoms with Crippen molar-refractivity contribution < 1.29 is 27.1 Å². The van der Waals surface area contributed by atoms with Crippen LogP contribution in [0.15, 0.2) is 60.7 Å². The van der Waals surface area contributed by atoms with Gasteiger partial charge in [-0.05, 0) is 31.2 Å². The summed E-state index contributed by atoms with van der Waals surface area (Å²) in [4.78, 5) is 13.2. The van der Waals surface area contributed by atoms with Gasteiger partial charge in [-0.2, -0.15) is 0 Å². The monoisotopic (exact) mass is 472 g/mol. The lowest BCUT2D eigenvalue weighted by atomic mass is 10.1. The van der Waals surface area contributed by atoms with Crippen molar-refractivity contribution in [3.63, 3.8) is 0 Å². The lowest BCUT2D eigenvalue weighted by Gasteiger charge is -2.26. The second kappa shape index (κ2) is 9.91. The molecule has 0 unspecified atom stereocenters. The van der Waals surface area contributed by atoms with Gasteiger partial charge in [-0.25, -0.2) is 12.8 Å². The Balaban J connectivity index is 2.14. The van der Waals surface area contributed by atoms with Crippen molar-refractivity contribution in [1.82, 2.24) is 0 Å². The van der Waals surface area contributed by atoms with Gasteiger partial charge in [0.25, 0.3) is 5.91 Å². The summed E-state index contributed by atoms with van der Waals surface area (Å²) >= 11 is 0. The molecule has 0 bridgehead atoms. The maximum Gasteiger partial charge on any atom is 0.257 e. The first kappa shape index (κ1) is 24.1. The zero-order chi connectivity index (χ0) is 24.2. The highest BCUT2D eigenvalue weighted by molar-refractivity contribution is 7.92. The molecule has 3 aromatic carbocycles. The molecule has 3 aromatic rings. The van der Waals surface area contributed by atoms with Crippen molar-refractivity contribution in [3.05, 3.63) is 83.2 Å². The lowest BCUT2D eigenvalue weighted by molar-refractivity contribution is 0.102. The number of methoxy groups -OCH3 is 2. The van der Waals surface area contributed by atoms with E-state index >= 15 is 0 Å². The molecule has 0 spiro atoms. The molecule has 0 heterocycles. The van der Waals surface area contributed by atoms with Gasteiger partial charge in [-0.15, -0.1) is 0 Å². The number of halogens is 1. The number of hydrogen-bond acceptors (Lipinski definition) is 5. The van der Waals surface area contributed by atoms with Crippen molar-refractivity contribution in [2.24, 2.45) is 0 Å². The summed E-state index contributed by atoms with van der Waals surface area (Å²) in [7, 11) is -1.11. The van der Waals surface area contributed by atoms with Crippen LogP contribution in [0.1, 0.15) is 21.5 Å². The zero-order valence-corrected chi connectivity index (χ0v) is 19.6. The van der Waals surface area contributed by atoms with Gasteiger partial charge in [-0.3, -0.25) is 9.10 Å². The first-order valence-corrected chi connectivity index (χ1v) is 11.8. The Bertz CT molecular complexity index is 1260. The molecule has 0 atom stereocenters. The SMILES string of the molecule is COc1cc(C(=O)Nc2ccc(C)cc2)c(N(Cc2ccccc2F)S(C)(=O)=O)cc1OC. The third kappa shape index (κ3) is 5.61. The Morgan fingerprint density at radius 2 is 1.61 bits per heavy atom. The maximum absolute atomic E-state index is 14.4. The van der Waals surface area contributed by atoms with E-state index < -0.39 is 21.7 Å². The van der Waals surface area contributed by atoms with Crippen molar-refractivity contribution in [3.8, 4) is 11.5 Å². The van der Waals surface area contributed by atoms with E-state index in [0.29, 0.717) is 5.69 Å². The molecular formula is C24H25FN2O5S. The van der Waals surface area contributed by atoms with E-state index in [0.717, 1.165) is 16.1 Å². The molecule has 0 aliphatic rings. The minimum absolute atomic E-state index is 0.0231. The first-order chi connectivity index (χ1) is 15.6. The molecule has 174 valence electrons. The van der Waals surface area contributed by atoms with Crippen LogP contribution >= 0.6 is 0 Å². The number of benzene rings is 3. The summed E-state index contributed by atoms with van der Waals surface area (Å²) in [6.07, 6.45) is 0.992. The minimum Gasteiger partial charge on any atom is -0.493 e. The molecule has 1 amide bonds. The van der Waals surface area contributed by atoms with E-state index in [1.54, 1.807) is 18.2 Å². The van der Waals surface area contributed by atoms with Crippen molar-refractivity contribution in [1.29, 1.82) is 0 Å². The van der Waals surface area contributed by atoms with E-state index in [1.165, 1.54) is 44.6 Å². The molecule has 0 aliphatic heterocycles. The van der Waals surface area contributed by atoms with Crippen LogP contribution < -0.4 is 19.1 Å². The summed E-state index contributed by atoms with van der Waals surface area (Å²) < 4.78 is 51.5. The summed E-state index contributed by atoms with van der Waals surface area (Å²) in [6.45, 7) is 1.61. The van der Waals surface area contributed by atoms with Crippen LogP contribution in [0.25, 0.3) is 0 Å². The van der Waals surface area contributed by atoms with Gasteiger partial charge < -0.3 is 14.8 Å². The van der Waals surface area contributed by atoms with Crippen molar-refractivity contribution in [2.45, 2.75) is 13.5 Å². The van der Waals surface area contributed by atoms with E-state index in [-0.39, 0.29) is 34.9 Å². The Morgan fingerprint density at radius 3 is 2.18 bits per heavy atom. The largest absolute Gasteiger partial charge is 0.493 e. The number of nitrogens with zero attached hydrogens (tertiary/aromatic N) is 1. The number of amides is 1. The van der Waals surface area contributed by atoms with Gasteiger partial charge in [0.15, 0.2) is 11.5 Å². The molecule has 3 rings (SSSR count). The molecule has 1 N–H and O–H groups in total. The summed E-state index contributed by atoms with van der Waals surface area (Å²) in [5.41, 5.74) is 1.76. The number of anilines is 2. The van der Waals surface area contributed by atoms with Gasteiger partial charge in [-0.1, -0.05) is 35.9 Å². The molecule has 0 fully saturated rings. The van der Waals surface area contributed by atoms with Crippen LogP contribution in [0.4, 0.5) is 15.8 Å². The Labute approximate surface area is 192 Å². The van der Waals surface area contributed by atoms with Crippen LogP contribution in [0.3, 0.4) is 0 Å². The smallest absolute Gasteiger partial charge is 0.257 e. The predicted octanol–water partition coefficient (Wildman–Crippen LogP) is 4.37. The van der Waals surface area contributed by atoms with Gasteiger partial charge in [0.2, 0.25) is 10.0 Å². The third-order valence-corrected chi connectivity index (χ3v) is 6.12. The molecule has 0 saturated heterocycles. The number of sulfonamides is 1. The number of carbonyl (C=O) groups is 1. The highest BCUT2D eigenvalue weighted by atomic mass is 32.2. The average molecular weight is 473 g/mol. The quantitative estimate of drug-likeness (QED) is 0.526. The van der Waals surface area contributed by atoms with Crippen LogP contribution in [-0.4, -0.2) is 34.8 Å². The fourth-order valence-electron chi connectivity index (χ4n) is 3.25. The standard InChI is InChI=1S/C24H25FN2O5S/c1-16-9-11-18(12-10-16)26-24(28)19-13-22(31-2)23(32-3)14-21(19)27(33(4,29)30)15-17-7-5-6-8-20(17)25/h5-14H,15H2,1-4H3,(H,26,28). The maximum atomic E-state index is 14.4. The van der Waals surface area contributed by atoms with Crippen LogP contribution in [0, 0.1) is 12.7 Å². The normalized spacial score (nSPS) is 11.1. The lowest BCUT2D eigenvalue weighted by Crippen LogP contribution is -2.32. The van der Waals surface area contributed by atoms with Crippen LogP contribution in [-0.2, 0) is 16.6 Å². The van der Waals surface area contributed by atoms with Gasteiger partial charge in [0.05, 0.1) is 38.3 Å². The van der Waals surface area contributed by atoms with Gasteiger partial charge in [0.1, 0.15) is 5.82 Å². The molecule has 7 nitrogen and oxygen atoms in total. The summed E-state index contributed by atoms with van der Waals surface area (Å²) in [6, 6.07) is 15.8. The number of carbonyl (C=O) groups excluding carboxylic acids is 1. The molecule has 9 heteroatoms. The fraction of sp³-hybridized carbons (Fsp3) is 0.208. The Hall–Kier alpha value is -3.59. The zero-order valence-electron chi connectivity index (χ0n) is 18.8. The van der Waals surface area contributed by atoms with Gasteiger partial charge >= 0.3 is 0 Å². The molecule has 33 heavy (non-hydrogen) atoms. The van der Waals surface area contributed by atoms with Crippen molar-refractivity contribution >= 4 is 27.3 Å². The van der Waals surface area contributed by atoms with E-state index in [2.05, 4.69) is 5.32 Å². The highest BCUT2D eigenvalue weighted by Gasteiger charge is 2.27. The molecule has 0 radical (unpaired) electrons. The second-order valence-electron chi connectivity index (χ2n) is 7.41. The van der Waals surface area contributed by atoms with Crippen LogP contribution in [0.5, 0.6) is 11.5 Å². The molecular weight excluding hydrogens is 447 g/mol. The second-order valence-corrected chi connectivity index (χ2v) is 9.31. The summed E-state index contributed by atoms with van der Waals surface area (Å²) in [5, 5.41) is 2.77.